The Morgan fingerprint density at radius 1 is 1.05 bits per heavy atom. The van der Waals surface area contributed by atoms with Gasteiger partial charge in [0.1, 0.15) is 0 Å². The van der Waals surface area contributed by atoms with Crippen LogP contribution in [0.25, 0.3) is 0 Å². The van der Waals surface area contributed by atoms with Gasteiger partial charge in [0.25, 0.3) is 0 Å². The molecule has 0 aliphatic heterocycles. The van der Waals surface area contributed by atoms with Gasteiger partial charge in [-0.25, -0.2) is 0 Å². The Hall–Kier alpha value is -1.45. The van der Waals surface area contributed by atoms with Crippen LogP contribution in [0, 0.1) is 10.1 Å². The van der Waals surface area contributed by atoms with E-state index in [0.717, 1.165) is 38.5 Å². The third-order valence-electron chi connectivity index (χ3n) is 3.60. The van der Waals surface area contributed by atoms with Crippen molar-refractivity contribution in [2.45, 2.75) is 83.6 Å². The zero-order chi connectivity index (χ0) is 16.5. The van der Waals surface area contributed by atoms with Crippen LogP contribution in [0.3, 0.4) is 0 Å². The summed E-state index contributed by atoms with van der Waals surface area (Å²) in [6.45, 7) is 2.17. The predicted molar refractivity (Wildman–Crippen MR) is 91.2 cm³/mol. The zero-order valence-corrected chi connectivity index (χ0v) is 13.8. The average Bonchev–Trinajstić information content (AvgIpc) is 2.50. The van der Waals surface area contributed by atoms with E-state index in [9.17, 15) is 14.9 Å². The molecule has 1 radical (unpaired) electrons. The fraction of sp³-hybridized carbons (Fsp3) is 0.722. The summed E-state index contributed by atoms with van der Waals surface area (Å²) in [6, 6.07) is -0.580. The first-order valence-corrected chi connectivity index (χ1v) is 8.54. The van der Waals surface area contributed by atoms with Crippen LogP contribution < -0.4 is 0 Å². The van der Waals surface area contributed by atoms with Crippen LogP contribution in [0.15, 0.2) is 24.3 Å². The quantitative estimate of drug-likeness (QED) is 0.181. The second-order valence-corrected chi connectivity index (χ2v) is 5.61. The van der Waals surface area contributed by atoms with E-state index in [-0.39, 0.29) is 4.92 Å². The Morgan fingerprint density at radius 3 is 2.45 bits per heavy atom. The summed E-state index contributed by atoms with van der Waals surface area (Å²) in [7, 11) is 0. The monoisotopic (exact) mass is 308 g/mol. The SMILES string of the molecule is CCCCC/C=C\C=C\C(CCCCCCC[C]=O)[N+](=O)[O-]. The highest BCUT2D eigenvalue weighted by molar-refractivity contribution is 5.50. The standard InChI is InChI=1S/C18H30NO3/c1-2-3-4-5-6-9-12-15-18(19(21)22)16-13-10-7-8-11-14-17-20/h6,9,12,15,18H,2-5,7-8,10-11,13-14,16H2,1H3/b9-6-,15-12+. The van der Waals surface area contributed by atoms with Gasteiger partial charge in [-0.15, -0.1) is 0 Å². The largest absolute Gasteiger partial charge is 0.291 e. The highest BCUT2D eigenvalue weighted by Gasteiger charge is 2.14. The van der Waals surface area contributed by atoms with Gasteiger partial charge >= 0.3 is 0 Å². The van der Waals surface area contributed by atoms with Crippen molar-refractivity contribution < 1.29 is 9.72 Å². The van der Waals surface area contributed by atoms with Gasteiger partial charge in [-0.05, 0) is 31.8 Å². The topological polar surface area (TPSA) is 60.2 Å². The molecule has 22 heavy (non-hydrogen) atoms. The van der Waals surface area contributed by atoms with E-state index < -0.39 is 6.04 Å². The van der Waals surface area contributed by atoms with Crippen molar-refractivity contribution in [2.24, 2.45) is 0 Å². The molecule has 0 fully saturated rings. The Balaban J connectivity index is 3.81. The first kappa shape index (κ1) is 20.6. The maximum absolute atomic E-state index is 11.0. The lowest BCUT2D eigenvalue weighted by atomic mass is 10.1. The molecule has 0 bridgehead atoms. The van der Waals surface area contributed by atoms with Crippen molar-refractivity contribution in [3.05, 3.63) is 34.4 Å². The molecule has 125 valence electrons. The molecule has 0 aromatic carbocycles. The Morgan fingerprint density at radius 2 is 1.77 bits per heavy atom. The predicted octanol–water partition coefficient (Wildman–Crippen LogP) is 5.16. The molecule has 0 aliphatic carbocycles. The molecule has 0 saturated heterocycles. The number of unbranched alkanes of at least 4 members (excludes halogenated alkanes) is 8. The van der Waals surface area contributed by atoms with Gasteiger partial charge in [0.05, 0.1) is 0 Å². The third kappa shape index (κ3) is 13.5. The van der Waals surface area contributed by atoms with Gasteiger partial charge in [0.15, 0.2) is 6.29 Å². The van der Waals surface area contributed by atoms with Crippen molar-refractivity contribution in [1.29, 1.82) is 0 Å². The van der Waals surface area contributed by atoms with Gasteiger partial charge in [0, 0.05) is 17.8 Å². The Kier molecular flexibility index (Phi) is 14.9. The van der Waals surface area contributed by atoms with E-state index in [1.165, 1.54) is 19.3 Å². The molecule has 0 spiro atoms. The van der Waals surface area contributed by atoms with E-state index in [4.69, 9.17) is 0 Å². The van der Waals surface area contributed by atoms with Gasteiger partial charge in [0.2, 0.25) is 6.04 Å². The minimum absolute atomic E-state index is 0.206. The molecule has 0 heterocycles. The zero-order valence-electron chi connectivity index (χ0n) is 13.8. The molecular weight excluding hydrogens is 278 g/mol. The van der Waals surface area contributed by atoms with Gasteiger partial charge in [-0.1, -0.05) is 57.3 Å². The maximum atomic E-state index is 11.0. The second kappa shape index (κ2) is 15.9. The normalized spacial score (nSPS) is 13.0. The Bertz CT molecular complexity index is 337. The molecule has 0 N–H and O–H groups in total. The van der Waals surface area contributed by atoms with Gasteiger partial charge < -0.3 is 0 Å². The third-order valence-corrected chi connectivity index (χ3v) is 3.60. The highest BCUT2D eigenvalue weighted by Crippen LogP contribution is 2.11. The van der Waals surface area contributed by atoms with Crippen LogP contribution >= 0.6 is 0 Å². The molecule has 0 saturated carbocycles. The van der Waals surface area contributed by atoms with E-state index in [0.29, 0.717) is 12.8 Å². The number of hydrogen-bond acceptors (Lipinski definition) is 3. The van der Waals surface area contributed by atoms with Crippen LogP contribution in [0.4, 0.5) is 0 Å². The lowest BCUT2D eigenvalue weighted by molar-refractivity contribution is -0.510. The molecular formula is C18H30NO3. The molecule has 4 heteroatoms. The first-order chi connectivity index (χ1) is 10.7. The van der Waals surface area contributed by atoms with Crippen LogP contribution in [0.5, 0.6) is 0 Å². The fourth-order valence-corrected chi connectivity index (χ4v) is 2.23. The van der Waals surface area contributed by atoms with Crippen molar-refractivity contribution in [3.8, 4) is 0 Å². The lowest BCUT2D eigenvalue weighted by Gasteiger charge is -2.04. The van der Waals surface area contributed by atoms with Crippen molar-refractivity contribution in [3.63, 3.8) is 0 Å². The van der Waals surface area contributed by atoms with E-state index in [1.807, 2.05) is 12.4 Å². The van der Waals surface area contributed by atoms with Gasteiger partial charge in [-0.3, -0.25) is 14.9 Å². The van der Waals surface area contributed by atoms with Crippen molar-refractivity contribution >= 4 is 6.29 Å². The number of nitrogens with zero attached hydrogens (tertiary/aromatic N) is 1. The van der Waals surface area contributed by atoms with Crippen LogP contribution in [0.2, 0.25) is 0 Å². The average molecular weight is 308 g/mol. The van der Waals surface area contributed by atoms with E-state index in [2.05, 4.69) is 13.0 Å². The van der Waals surface area contributed by atoms with Crippen LogP contribution in [-0.4, -0.2) is 17.3 Å². The number of rotatable bonds is 15. The fourth-order valence-electron chi connectivity index (χ4n) is 2.23. The summed E-state index contributed by atoms with van der Waals surface area (Å²) < 4.78 is 0. The molecule has 1 unspecified atom stereocenters. The lowest BCUT2D eigenvalue weighted by Crippen LogP contribution is -2.16. The minimum atomic E-state index is -0.580. The van der Waals surface area contributed by atoms with E-state index in [1.54, 1.807) is 12.2 Å². The summed E-state index contributed by atoms with van der Waals surface area (Å²) in [5.74, 6) is 0. The Labute approximate surface area is 134 Å². The number of carbonyl (C=O) groups excluding carboxylic acids is 1. The van der Waals surface area contributed by atoms with E-state index >= 15 is 0 Å². The summed E-state index contributed by atoms with van der Waals surface area (Å²) in [5, 5.41) is 11.0. The van der Waals surface area contributed by atoms with Crippen LogP contribution in [0.1, 0.15) is 77.6 Å². The van der Waals surface area contributed by atoms with Gasteiger partial charge in [-0.2, -0.15) is 0 Å². The number of allylic oxidation sites excluding steroid dienone is 3. The maximum Gasteiger partial charge on any atom is 0.231 e. The summed E-state index contributed by atoms with van der Waals surface area (Å²) >= 11 is 0. The molecule has 0 aromatic heterocycles. The highest BCUT2D eigenvalue weighted by atomic mass is 16.6. The second-order valence-electron chi connectivity index (χ2n) is 5.61. The molecule has 4 nitrogen and oxygen atoms in total. The molecule has 0 aromatic rings. The molecule has 0 aliphatic rings. The number of nitro groups is 1. The molecule has 0 amide bonds. The molecule has 1 atom stereocenters. The van der Waals surface area contributed by atoms with Crippen molar-refractivity contribution in [1.82, 2.24) is 0 Å². The summed E-state index contributed by atoms with van der Waals surface area (Å²) in [6.07, 6.45) is 19.9. The van der Waals surface area contributed by atoms with Crippen molar-refractivity contribution in [2.75, 3.05) is 0 Å². The summed E-state index contributed by atoms with van der Waals surface area (Å²) in [4.78, 5) is 20.8. The smallest absolute Gasteiger partial charge is 0.231 e. The number of hydrogen-bond donors (Lipinski definition) is 0. The summed E-state index contributed by atoms with van der Waals surface area (Å²) in [5.41, 5.74) is 0. The minimum Gasteiger partial charge on any atom is -0.291 e. The van der Waals surface area contributed by atoms with Crippen LogP contribution in [-0.2, 0) is 4.79 Å². The molecule has 0 rings (SSSR count). The first-order valence-electron chi connectivity index (χ1n) is 8.54.